The van der Waals surface area contributed by atoms with Gasteiger partial charge in [-0.2, -0.15) is 0 Å². The molecular formula is C16H14FNO4S. The van der Waals surface area contributed by atoms with Gasteiger partial charge in [-0.15, -0.1) is 11.3 Å². The number of aromatic carboxylic acids is 1. The first kappa shape index (κ1) is 15.6. The smallest absolute Gasteiger partial charge is 0.345 e. The van der Waals surface area contributed by atoms with E-state index < -0.39 is 12.1 Å². The third-order valence-electron chi connectivity index (χ3n) is 3.63. The topological polar surface area (TPSA) is 66.8 Å². The fourth-order valence-electron chi connectivity index (χ4n) is 2.48. The number of benzene rings is 1. The molecule has 1 N–H and O–H groups in total. The van der Waals surface area contributed by atoms with Crippen molar-refractivity contribution in [2.45, 2.75) is 6.10 Å². The highest BCUT2D eigenvalue weighted by Gasteiger charge is 2.28. The van der Waals surface area contributed by atoms with E-state index in [4.69, 9.17) is 9.84 Å². The molecule has 23 heavy (non-hydrogen) atoms. The Kier molecular flexibility index (Phi) is 4.40. The van der Waals surface area contributed by atoms with Crippen LogP contribution in [-0.4, -0.2) is 41.6 Å². The summed E-state index contributed by atoms with van der Waals surface area (Å²) >= 11 is 0.937. The standard InChI is InChI=1S/C16H14FNO4S/c17-11-4-2-1-3-10(11)12-9-18(7-8-22-12)15(19)13-5-6-14(23-13)16(20)21/h1-6,12H,7-9H2,(H,20,21)/t12-/m1/s1. The van der Waals surface area contributed by atoms with Crippen LogP contribution >= 0.6 is 11.3 Å². The van der Waals surface area contributed by atoms with Crippen molar-refractivity contribution >= 4 is 23.2 Å². The number of thiophene rings is 1. The Morgan fingerprint density at radius 3 is 2.65 bits per heavy atom. The molecule has 3 rings (SSSR count). The first-order valence-corrected chi connectivity index (χ1v) is 7.86. The Morgan fingerprint density at radius 1 is 1.22 bits per heavy atom. The minimum absolute atomic E-state index is 0.118. The summed E-state index contributed by atoms with van der Waals surface area (Å²) in [6.07, 6.45) is -0.521. The van der Waals surface area contributed by atoms with E-state index in [1.807, 2.05) is 0 Å². The number of hydrogen-bond donors (Lipinski definition) is 1. The molecule has 0 radical (unpaired) electrons. The van der Waals surface area contributed by atoms with Gasteiger partial charge >= 0.3 is 5.97 Å². The Hall–Kier alpha value is -2.25. The lowest BCUT2D eigenvalue weighted by Crippen LogP contribution is -2.42. The fraction of sp³-hybridized carbons (Fsp3) is 0.250. The van der Waals surface area contributed by atoms with Crippen molar-refractivity contribution in [3.63, 3.8) is 0 Å². The Bertz CT molecular complexity index is 745. The largest absolute Gasteiger partial charge is 0.477 e. The second-order valence-electron chi connectivity index (χ2n) is 5.10. The second kappa shape index (κ2) is 6.47. The van der Waals surface area contributed by atoms with Crippen LogP contribution in [0.4, 0.5) is 4.39 Å². The normalized spacial score (nSPS) is 18.0. The molecule has 5 nitrogen and oxygen atoms in total. The Morgan fingerprint density at radius 2 is 1.96 bits per heavy atom. The molecule has 2 aromatic rings. The molecule has 0 unspecified atom stereocenters. The third kappa shape index (κ3) is 3.25. The van der Waals surface area contributed by atoms with Gasteiger partial charge in [-0.1, -0.05) is 18.2 Å². The summed E-state index contributed by atoms with van der Waals surface area (Å²) in [6.45, 7) is 0.937. The summed E-state index contributed by atoms with van der Waals surface area (Å²) in [5, 5.41) is 8.94. The molecule has 1 aromatic heterocycles. The van der Waals surface area contributed by atoms with Gasteiger partial charge in [0.2, 0.25) is 0 Å². The van der Waals surface area contributed by atoms with E-state index in [2.05, 4.69) is 0 Å². The summed E-state index contributed by atoms with van der Waals surface area (Å²) in [7, 11) is 0. The van der Waals surface area contributed by atoms with Crippen molar-refractivity contribution in [1.82, 2.24) is 4.90 Å². The maximum atomic E-state index is 13.9. The molecule has 0 aliphatic carbocycles. The predicted molar refractivity (Wildman–Crippen MR) is 82.3 cm³/mol. The summed E-state index contributed by atoms with van der Waals surface area (Å²) in [5.41, 5.74) is 0.419. The van der Waals surface area contributed by atoms with Crippen molar-refractivity contribution in [3.05, 3.63) is 57.5 Å². The van der Waals surface area contributed by atoms with Crippen molar-refractivity contribution in [1.29, 1.82) is 0 Å². The molecule has 1 atom stereocenters. The van der Waals surface area contributed by atoms with Crippen LogP contribution in [0.25, 0.3) is 0 Å². The van der Waals surface area contributed by atoms with Crippen molar-refractivity contribution in [2.24, 2.45) is 0 Å². The Labute approximate surface area is 135 Å². The number of nitrogens with zero attached hydrogens (tertiary/aromatic N) is 1. The SMILES string of the molecule is O=C(O)c1ccc(C(=O)N2CCO[C@@H](c3ccccc3F)C2)s1. The molecule has 120 valence electrons. The van der Waals surface area contributed by atoms with Gasteiger partial charge in [-0.25, -0.2) is 9.18 Å². The van der Waals surface area contributed by atoms with Crippen LogP contribution in [0.1, 0.15) is 31.0 Å². The number of carboxylic acids is 1. The van der Waals surface area contributed by atoms with E-state index in [0.29, 0.717) is 23.6 Å². The molecule has 1 aromatic carbocycles. The molecule has 2 heterocycles. The monoisotopic (exact) mass is 335 g/mol. The maximum absolute atomic E-state index is 13.9. The predicted octanol–water partition coefficient (Wildman–Crippen LogP) is 2.80. The van der Waals surface area contributed by atoms with E-state index in [-0.39, 0.29) is 23.1 Å². The van der Waals surface area contributed by atoms with Crippen LogP contribution in [0.5, 0.6) is 0 Å². The van der Waals surface area contributed by atoms with Crippen molar-refractivity contribution in [2.75, 3.05) is 19.7 Å². The summed E-state index contributed by atoms with van der Waals surface area (Å²) in [4.78, 5) is 25.4. The molecular weight excluding hydrogens is 321 g/mol. The van der Waals surface area contributed by atoms with Gasteiger partial charge in [0.1, 0.15) is 16.8 Å². The molecule has 1 amide bonds. The van der Waals surface area contributed by atoms with Crippen molar-refractivity contribution < 1.29 is 23.8 Å². The number of rotatable bonds is 3. The van der Waals surface area contributed by atoms with Crippen LogP contribution in [0.2, 0.25) is 0 Å². The van der Waals surface area contributed by atoms with E-state index >= 15 is 0 Å². The van der Waals surface area contributed by atoms with Gasteiger partial charge in [0.05, 0.1) is 18.0 Å². The van der Waals surface area contributed by atoms with Gasteiger partial charge < -0.3 is 14.7 Å². The van der Waals surface area contributed by atoms with E-state index in [9.17, 15) is 14.0 Å². The van der Waals surface area contributed by atoms with E-state index in [0.717, 1.165) is 11.3 Å². The zero-order valence-corrected chi connectivity index (χ0v) is 12.9. The highest BCUT2D eigenvalue weighted by Crippen LogP contribution is 2.26. The lowest BCUT2D eigenvalue weighted by Gasteiger charge is -2.33. The highest BCUT2D eigenvalue weighted by molar-refractivity contribution is 7.15. The minimum Gasteiger partial charge on any atom is -0.477 e. The van der Waals surface area contributed by atoms with Gasteiger partial charge in [-0.3, -0.25) is 4.79 Å². The number of morpholine rings is 1. The van der Waals surface area contributed by atoms with Gasteiger partial charge in [-0.05, 0) is 18.2 Å². The number of carboxylic acid groups (broad SMARTS) is 1. The van der Waals surface area contributed by atoms with Crippen molar-refractivity contribution in [3.8, 4) is 0 Å². The number of carbonyl (C=O) groups is 2. The van der Waals surface area contributed by atoms with Crippen LogP contribution in [0.15, 0.2) is 36.4 Å². The minimum atomic E-state index is -1.06. The average Bonchev–Trinajstić information content (AvgIpc) is 3.05. The van der Waals surface area contributed by atoms with Gasteiger partial charge in [0, 0.05) is 12.1 Å². The molecule has 1 aliphatic rings. The summed E-state index contributed by atoms with van der Waals surface area (Å²) in [6, 6.07) is 9.24. The Balaban J connectivity index is 1.76. The first-order chi connectivity index (χ1) is 11.1. The van der Waals surface area contributed by atoms with Crippen LogP contribution in [-0.2, 0) is 4.74 Å². The number of hydrogen-bond acceptors (Lipinski definition) is 4. The van der Waals surface area contributed by atoms with E-state index in [1.54, 1.807) is 23.1 Å². The third-order valence-corrected chi connectivity index (χ3v) is 4.69. The molecule has 0 saturated carbocycles. The molecule has 1 aliphatic heterocycles. The van der Waals surface area contributed by atoms with E-state index in [1.165, 1.54) is 18.2 Å². The molecule has 1 saturated heterocycles. The lowest BCUT2D eigenvalue weighted by molar-refractivity contribution is -0.0241. The van der Waals surface area contributed by atoms with Gasteiger partial charge in [0.15, 0.2) is 0 Å². The molecule has 0 spiro atoms. The first-order valence-electron chi connectivity index (χ1n) is 7.04. The molecule has 0 bridgehead atoms. The molecule has 7 heteroatoms. The van der Waals surface area contributed by atoms with Crippen LogP contribution < -0.4 is 0 Å². The number of amides is 1. The van der Waals surface area contributed by atoms with Crippen LogP contribution in [0, 0.1) is 5.82 Å². The summed E-state index contributed by atoms with van der Waals surface area (Å²) < 4.78 is 19.5. The number of carbonyl (C=O) groups excluding carboxylic acids is 1. The number of ether oxygens (including phenoxy) is 1. The average molecular weight is 335 g/mol. The highest BCUT2D eigenvalue weighted by atomic mass is 32.1. The fourth-order valence-corrected chi connectivity index (χ4v) is 3.29. The second-order valence-corrected chi connectivity index (χ2v) is 6.18. The zero-order chi connectivity index (χ0) is 16.4. The molecule has 1 fully saturated rings. The summed E-state index contributed by atoms with van der Waals surface area (Å²) in [5.74, 6) is -1.68. The maximum Gasteiger partial charge on any atom is 0.345 e. The number of halogens is 1. The quantitative estimate of drug-likeness (QED) is 0.937. The van der Waals surface area contributed by atoms with Gasteiger partial charge in [0.25, 0.3) is 5.91 Å². The zero-order valence-electron chi connectivity index (χ0n) is 12.1. The van der Waals surface area contributed by atoms with Crippen LogP contribution in [0.3, 0.4) is 0 Å². The lowest BCUT2D eigenvalue weighted by atomic mass is 10.1.